The number of esters is 1. The summed E-state index contributed by atoms with van der Waals surface area (Å²) < 4.78 is 5.38. The van der Waals surface area contributed by atoms with Crippen LogP contribution in [-0.4, -0.2) is 12.1 Å². The molecule has 1 aliphatic carbocycles. The Labute approximate surface area is 126 Å². The van der Waals surface area contributed by atoms with Crippen molar-refractivity contribution >= 4 is 12.0 Å². The van der Waals surface area contributed by atoms with Crippen LogP contribution in [0.4, 0.5) is 0 Å². The third-order valence-electron chi connectivity index (χ3n) is 4.59. The zero-order valence-electron chi connectivity index (χ0n) is 12.7. The van der Waals surface area contributed by atoms with Crippen molar-refractivity contribution in [3.05, 3.63) is 53.1 Å². The van der Waals surface area contributed by atoms with E-state index in [1.54, 1.807) is 0 Å². The molecule has 110 valence electrons. The summed E-state index contributed by atoms with van der Waals surface area (Å²) >= 11 is 0. The molecule has 3 atom stereocenters. The molecule has 0 fully saturated rings. The summed E-state index contributed by atoms with van der Waals surface area (Å²) in [6.07, 6.45) is 10.9. The minimum Gasteiger partial charge on any atom is -0.459 e. The van der Waals surface area contributed by atoms with Crippen molar-refractivity contribution < 1.29 is 9.53 Å². The number of hydrogen-bond donors (Lipinski definition) is 0. The maximum Gasteiger partial charge on any atom is 0.330 e. The van der Waals surface area contributed by atoms with Gasteiger partial charge in [0.2, 0.25) is 0 Å². The number of allylic oxidation sites excluding steroid dienone is 1. The summed E-state index contributed by atoms with van der Waals surface area (Å²) in [5, 5.41) is 0. The van der Waals surface area contributed by atoms with Crippen LogP contribution in [0.3, 0.4) is 0 Å². The van der Waals surface area contributed by atoms with Gasteiger partial charge in [0.05, 0.1) is 0 Å². The molecule has 0 radical (unpaired) electrons. The fourth-order valence-electron chi connectivity index (χ4n) is 3.38. The van der Waals surface area contributed by atoms with E-state index in [0.29, 0.717) is 11.8 Å². The highest BCUT2D eigenvalue weighted by Gasteiger charge is 2.25. The molecule has 0 saturated carbocycles. The molecule has 2 heteroatoms. The topological polar surface area (TPSA) is 26.3 Å². The molecular formula is C19H22O2. The van der Waals surface area contributed by atoms with E-state index in [2.05, 4.69) is 44.2 Å². The quantitative estimate of drug-likeness (QED) is 0.768. The van der Waals surface area contributed by atoms with Gasteiger partial charge in [0.15, 0.2) is 0 Å². The second kappa shape index (κ2) is 5.88. The molecule has 2 nitrogen and oxygen atoms in total. The third kappa shape index (κ3) is 3.10. The lowest BCUT2D eigenvalue weighted by Crippen LogP contribution is -2.22. The Morgan fingerprint density at radius 1 is 1.24 bits per heavy atom. The molecule has 0 saturated heterocycles. The average molecular weight is 282 g/mol. The number of ether oxygens (including phenoxy) is 1. The van der Waals surface area contributed by atoms with Gasteiger partial charge in [-0.25, -0.2) is 4.79 Å². The average Bonchev–Trinajstić information content (AvgIpc) is 2.46. The molecule has 1 aliphatic heterocycles. The van der Waals surface area contributed by atoms with Crippen molar-refractivity contribution in [1.82, 2.24) is 0 Å². The zero-order valence-corrected chi connectivity index (χ0v) is 12.7. The van der Waals surface area contributed by atoms with Crippen molar-refractivity contribution in [1.29, 1.82) is 0 Å². The molecule has 0 N–H and O–H groups in total. The predicted octanol–water partition coefficient (Wildman–Crippen LogP) is 4.39. The highest BCUT2D eigenvalue weighted by molar-refractivity contribution is 5.82. The molecule has 1 aromatic carbocycles. The molecule has 2 aliphatic rings. The van der Waals surface area contributed by atoms with Gasteiger partial charge >= 0.3 is 5.97 Å². The van der Waals surface area contributed by atoms with E-state index in [1.807, 2.05) is 6.08 Å². The van der Waals surface area contributed by atoms with Gasteiger partial charge in [-0.05, 0) is 42.7 Å². The van der Waals surface area contributed by atoms with Gasteiger partial charge in [-0.3, -0.25) is 0 Å². The number of hydrogen-bond acceptors (Lipinski definition) is 2. The van der Waals surface area contributed by atoms with Crippen LogP contribution in [0.25, 0.3) is 6.08 Å². The zero-order chi connectivity index (χ0) is 14.8. The Kier molecular flexibility index (Phi) is 3.96. The van der Waals surface area contributed by atoms with Gasteiger partial charge in [-0.15, -0.1) is 0 Å². The number of fused-ring (bicyclic) bond motifs is 1. The monoisotopic (exact) mass is 282 g/mol. The molecule has 0 amide bonds. The Morgan fingerprint density at radius 2 is 2.10 bits per heavy atom. The van der Waals surface area contributed by atoms with Gasteiger partial charge in [0.1, 0.15) is 6.10 Å². The first-order valence-electron chi connectivity index (χ1n) is 7.79. The van der Waals surface area contributed by atoms with Gasteiger partial charge in [0.25, 0.3) is 0 Å². The van der Waals surface area contributed by atoms with E-state index in [4.69, 9.17) is 4.74 Å². The second-order valence-corrected chi connectivity index (χ2v) is 6.23. The first kappa shape index (κ1) is 14.1. The first-order valence-corrected chi connectivity index (χ1v) is 7.79. The molecule has 1 heterocycles. The van der Waals surface area contributed by atoms with Crippen molar-refractivity contribution in [2.75, 3.05) is 0 Å². The van der Waals surface area contributed by atoms with Crippen LogP contribution in [0.15, 0.2) is 36.4 Å². The lowest BCUT2D eigenvalue weighted by atomic mass is 9.77. The van der Waals surface area contributed by atoms with Gasteiger partial charge < -0.3 is 4.74 Å². The minimum atomic E-state index is -0.195. The predicted molar refractivity (Wildman–Crippen MR) is 85.0 cm³/mol. The van der Waals surface area contributed by atoms with E-state index in [0.717, 1.165) is 19.3 Å². The van der Waals surface area contributed by atoms with Crippen molar-refractivity contribution in [3.8, 4) is 0 Å². The minimum absolute atomic E-state index is 0.0505. The number of benzene rings is 1. The standard InChI is InChI=1S/C19H22O2/c1-13-6-10-18-15(12-13)8-7-14(2)17(18)11-9-16-4-3-5-19(20)21-16/h3,5-8,10,12,14,16-17H,4,9,11H2,1-2H3. The van der Waals surface area contributed by atoms with Crippen molar-refractivity contribution in [2.45, 2.75) is 45.1 Å². The summed E-state index contributed by atoms with van der Waals surface area (Å²) in [6, 6.07) is 6.72. The number of rotatable bonds is 3. The Morgan fingerprint density at radius 3 is 2.90 bits per heavy atom. The van der Waals surface area contributed by atoms with Crippen LogP contribution in [0, 0.1) is 12.8 Å². The summed E-state index contributed by atoms with van der Waals surface area (Å²) in [4.78, 5) is 11.3. The molecule has 21 heavy (non-hydrogen) atoms. The normalized spacial score (nSPS) is 27.3. The highest BCUT2D eigenvalue weighted by Crippen LogP contribution is 2.38. The van der Waals surface area contributed by atoms with Gasteiger partial charge in [-0.1, -0.05) is 48.9 Å². The van der Waals surface area contributed by atoms with Crippen molar-refractivity contribution in [2.24, 2.45) is 5.92 Å². The third-order valence-corrected chi connectivity index (χ3v) is 4.59. The Bertz CT molecular complexity index is 598. The fourth-order valence-corrected chi connectivity index (χ4v) is 3.38. The molecule has 1 aromatic rings. The molecule has 0 spiro atoms. The van der Waals surface area contributed by atoms with E-state index >= 15 is 0 Å². The van der Waals surface area contributed by atoms with Crippen LogP contribution >= 0.6 is 0 Å². The lowest BCUT2D eigenvalue weighted by Gasteiger charge is -2.29. The SMILES string of the molecule is Cc1ccc2c(c1)C=CC(C)C2CCC1CC=CC(=O)O1. The van der Waals surface area contributed by atoms with E-state index in [-0.39, 0.29) is 12.1 Å². The summed E-state index contributed by atoms with van der Waals surface area (Å²) in [5.74, 6) is 0.865. The summed E-state index contributed by atoms with van der Waals surface area (Å²) in [7, 11) is 0. The van der Waals surface area contributed by atoms with Crippen LogP contribution in [-0.2, 0) is 9.53 Å². The second-order valence-electron chi connectivity index (χ2n) is 6.23. The van der Waals surface area contributed by atoms with E-state index in [1.165, 1.54) is 22.8 Å². The largest absolute Gasteiger partial charge is 0.459 e. The number of carbonyl (C=O) groups excluding carboxylic acids is 1. The number of carbonyl (C=O) groups is 1. The van der Waals surface area contributed by atoms with Gasteiger partial charge in [-0.2, -0.15) is 0 Å². The molecule has 3 unspecified atom stereocenters. The lowest BCUT2D eigenvalue weighted by molar-refractivity contribution is -0.144. The molecule has 0 aromatic heterocycles. The maximum atomic E-state index is 11.3. The summed E-state index contributed by atoms with van der Waals surface area (Å²) in [5.41, 5.74) is 4.09. The van der Waals surface area contributed by atoms with Crippen LogP contribution in [0.5, 0.6) is 0 Å². The number of aryl methyl sites for hydroxylation is 1. The van der Waals surface area contributed by atoms with E-state index < -0.39 is 0 Å². The van der Waals surface area contributed by atoms with Crippen LogP contribution in [0.2, 0.25) is 0 Å². The van der Waals surface area contributed by atoms with Gasteiger partial charge in [0, 0.05) is 12.5 Å². The molecule has 0 bridgehead atoms. The van der Waals surface area contributed by atoms with Crippen LogP contribution < -0.4 is 0 Å². The highest BCUT2D eigenvalue weighted by atomic mass is 16.5. The van der Waals surface area contributed by atoms with E-state index in [9.17, 15) is 4.79 Å². The molecule has 3 rings (SSSR count). The Balaban J connectivity index is 1.72. The summed E-state index contributed by atoms with van der Waals surface area (Å²) in [6.45, 7) is 4.41. The van der Waals surface area contributed by atoms with Crippen LogP contribution in [0.1, 0.15) is 48.8 Å². The van der Waals surface area contributed by atoms with Crippen molar-refractivity contribution in [3.63, 3.8) is 0 Å². The molecular weight excluding hydrogens is 260 g/mol. The fraction of sp³-hybridized carbons (Fsp3) is 0.421. The number of cyclic esters (lactones) is 1. The maximum absolute atomic E-state index is 11.3. The first-order chi connectivity index (χ1) is 10.1. The Hall–Kier alpha value is -1.83. The smallest absolute Gasteiger partial charge is 0.330 e.